The van der Waals surface area contributed by atoms with Crippen molar-refractivity contribution in [2.45, 2.75) is 12.1 Å². The first kappa shape index (κ1) is 22.2. The second-order valence-electron chi connectivity index (χ2n) is 5.87. The highest BCUT2D eigenvalue weighted by Crippen LogP contribution is 2.25. The Hall–Kier alpha value is -2.49. The fourth-order valence-corrected chi connectivity index (χ4v) is 3.93. The van der Waals surface area contributed by atoms with Crippen molar-refractivity contribution < 1.29 is 18.9 Å². The summed E-state index contributed by atoms with van der Waals surface area (Å²) in [5.41, 5.74) is 1.69. The Morgan fingerprint density at radius 2 is 2.07 bits per heavy atom. The molecule has 0 fully saturated rings. The van der Waals surface area contributed by atoms with Gasteiger partial charge in [-0.25, -0.2) is 4.79 Å². The SMILES string of the molecule is CCOC(=O)c1ccc(NC(=O)CSc2nncc[n+]2-c2ccccc2Cl)c(Br)c1. The fraction of sp³-hybridized carbons (Fsp3) is 0.150. The lowest BCUT2D eigenvalue weighted by atomic mass is 10.2. The number of benzene rings is 2. The third-order valence-electron chi connectivity index (χ3n) is 3.83. The van der Waals surface area contributed by atoms with Gasteiger partial charge in [0.25, 0.3) is 0 Å². The molecule has 1 amide bonds. The molecule has 3 rings (SSSR count). The molecule has 1 aromatic heterocycles. The molecule has 0 unspecified atom stereocenters. The maximum atomic E-state index is 12.4. The number of amides is 1. The number of nitrogens with zero attached hydrogens (tertiary/aromatic N) is 3. The van der Waals surface area contributed by atoms with E-state index in [9.17, 15) is 9.59 Å². The zero-order chi connectivity index (χ0) is 21.5. The number of hydrogen-bond donors (Lipinski definition) is 1. The molecule has 0 saturated carbocycles. The van der Waals surface area contributed by atoms with Crippen LogP contribution in [0.3, 0.4) is 0 Å². The number of aromatic nitrogens is 3. The van der Waals surface area contributed by atoms with Gasteiger partial charge in [0.2, 0.25) is 5.91 Å². The molecule has 2 aromatic carbocycles. The largest absolute Gasteiger partial charge is 0.462 e. The quantitative estimate of drug-likeness (QED) is 0.294. The number of hydrogen-bond acceptors (Lipinski definition) is 6. The highest BCUT2D eigenvalue weighted by molar-refractivity contribution is 9.10. The normalized spacial score (nSPS) is 10.5. The van der Waals surface area contributed by atoms with E-state index in [1.54, 1.807) is 48.1 Å². The minimum atomic E-state index is -0.418. The fourth-order valence-electron chi connectivity index (χ4n) is 2.49. The predicted octanol–water partition coefficient (Wildman–Crippen LogP) is 4.08. The van der Waals surface area contributed by atoms with E-state index in [1.165, 1.54) is 11.8 Å². The Morgan fingerprint density at radius 1 is 1.27 bits per heavy atom. The van der Waals surface area contributed by atoms with E-state index in [0.29, 0.717) is 32.5 Å². The van der Waals surface area contributed by atoms with Crippen LogP contribution in [0, 0.1) is 0 Å². The van der Waals surface area contributed by atoms with E-state index in [1.807, 2.05) is 18.2 Å². The number of esters is 1. The average molecular weight is 509 g/mol. The molecule has 1 heterocycles. The monoisotopic (exact) mass is 507 g/mol. The molecule has 0 aliphatic rings. The van der Waals surface area contributed by atoms with E-state index in [-0.39, 0.29) is 11.7 Å². The van der Waals surface area contributed by atoms with Crippen LogP contribution in [0.2, 0.25) is 5.02 Å². The smallest absolute Gasteiger partial charge is 0.391 e. The minimum Gasteiger partial charge on any atom is -0.462 e. The number of ether oxygens (including phenoxy) is 1. The van der Waals surface area contributed by atoms with Crippen LogP contribution in [-0.2, 0) is 9.53 Å². The number of anilines is 1. The molecule has 154 valence electrons. The minimum absolute atomic E-state index is 0.106. The molecular formula is C20H17BrClN4O3S+. The van der Waals surface area contributed by atoms with Crippen LogP contribution in [-0.4, -0.2) is 34.4 Å². The highest BCUT2D eigenvalue weighted by Gasteiger charge is 2.20. The average Bonchev–Trinajstić information content (AvgIpc) is 2.74. The van der Waals surface area contributed by atoms with E-state index in [0.717, 1.165) is 5.69 Å². The lowest BCUT2D eigenvalue weighted by Gasteiger charge is -2.09. The van der Waals surface area contributed by atoms with E-state index < -0.39 is 5.97 Å². The summed E-state index contributed by atoms with van der Waals surface area (Å²) in [6.45, 7) is 2.04. The Bertz CT molecular complexity index is 1080. The van der Waals surface area contributed by atoms with Gasteiger partial charge >= 0.3 is 11.1 Å². The molecule has 0 aliphatic carbocycles. The predicted molar refractivity (Wildman–Crippen MR) is 118 cm³/mol. The van der Waals surface area contributed by atoms with Crippen molar-refractivity contribution in [3.05, 3.63) is 69.9 Å². The molecule has 7 nitrogen and oxygen atoms in total. The highest BCUT2D eigenvalue weighted by atomic mass is 79.9. The van der Waals surface area contributed by atoms with E-state index >= 15 is 0 Å². The molecule has 0 atom stereocenters. The van der Waals surface area contributed by atoms with Crippen molar-refractivity contribution in [2.24, 2.45) is 0 Å². The maximum Gasteiger partial charge on any atom is 0.391 e. The Labute approximate surface area is 190 Å². The van der Waals surface area contributed by atoms with Crippen molar-refractivity contribution in [1.29, 1.82) is 0 Å². The van der Waals surface area contributed by atoms with Gasteiger partial charge in [0, 0.05) is 4.47 Å². The Morgan fingerprint density at radius 3 is 2.80 bits per heavy atom. The van der Waals surface area contributed by atoms with Crippen LogP contribution in [0.15, 0.2) is 64.5 Å². The van der Waals surface area contributed by atoms with Crippen molar-refractivity contribution >= 4 is 56.9 Å². The lowest BCUT2D eigenvalue weighted by Crippen LogP contribution is -2.35. The van der Waals surface area contributed by atoms with Crippen molar-refractivity contribution in [3.63, 3.8) is 0 Å². The molecule has 0 saturated heterocycles. The van der Waals surface area contributed by atoms with Crippen LogP contribution >= 0.6 is 39.3 Å². The third kappa shape index (κ3) is 5.56. The van der Waals surface area contributed by atoms with Gasteiger partial charge in [0.05, 0.1) is 33.7 Å². The summed E-state index contributed by atoms with van der Waals surface area (Å²) in [5.74, 6) is -0.547. The molecule has 0 aliphatic heterocycles. The van der Waals surface area contributed by atoms with Gasteiger partial charge in [0.1, 0.15) is 12.4 Å². The number of para-hydroxylation sites is 1. The molecule has 30 heavy (non-hydrogen) atoms. The number of rotatable bonds is 7. The zero-order valence-corrected chi connectivity index (χ0v) is 19.0. The second-order valence-corrected chi connectivity index (χ2v) is 8.07. The molecular weight excluding hydrogens is 492 g/mol. The summed E-state index contributed by atoms with van der Waals surface area (Å²) >= 11 is 10.9. The Kier molecular flexibility index (Phi) is 7.78. The summed E-state index contributed by atoms with van der Waals surface area (Å²) in [5, 5.41) is 11.9. The molecule has 1 N–H and O–H groups in total. The topological polar surface area (TPSA) is 85.1 Å². The van der Waals surface area contributed by atoms with Gasteiger partial charge in [-0.3, -0.25) is 4.79 Å². The van der Waals surface area contributed by atoms with Crippen LogP contribution in [0.25, 0.3) is 5.69 Å². The first-order chi connectivity index (χ1) is 14.5. The van der Waals surface area contributed by atoms with Crippen LogP contribution in [0.4, 0.5) is 5.69 Å². The van der Waals surface area contributed by atoms with Gasteiger partial charge in [-0.15, -0.1) is 0 Å². The number of carbonyl (C=O) groups is 2. The molecule has 0 spiro atoms. The maximum absolute atomic E-state index is 12.4. The van der Waals surface area contributed by atoms with Crippen LogP contribution in [0.5, 0.6) is 0 Å². The first-order valence-corrected chi connectivity index (χ1v) is 11.0. The summed E-state index contributed by atoms with van der Waals surface area (Å²) in [6, 6.07) is 12.2. The summed E-state index contributed by atoms with van der Waals surface area (Å²) < 4.78 is 7.33. The lowest BCUT2D eigenvalue weighted by molar-refractivity contribution is -0.642. The zero-order valence-electron chi connectivity index (χ0n) is 15.8. The molecule has 10 heteroatoms. The first-order valence-electron chi connectivity index (χ1n) is 8.87. The number of halogens is 2. The molecule has 0 radical (unpaired) electrons. The summed E-state index contributed by atoms with van der Waals surface area (Å²) in [7, 11) is 0. The van der Waals surface area contributed by atoms with Gasteiger partial charge in [-0.05, 0) is 70.0 Å². The van der Waals surface area contributed by atoms with Gasteiger partial charge < -0.3 is 10.1 Å². The van der Waals surface area contributed by atoms with E-state index in [2.05, 4.69) is 31.4 Å². The standard InChI is InChI=1S/C20H16BrClN4O3S/c1-2-29-19(28)13-7-8-16(14(21)11-13)24-18(27)12-30-20-25-23-9-10-26(20)17-6-4-3-5-15(17)22/h3-11H,2,12H2,1H3/p+1. The van der Waals surface area contributed by atoms with Gasteiger partial charge in [0.15, 0.2) is 5.69 Å². The summed E-state index contributed by atoms with van der Waals surface area (Å²) in [6.07, 6.45) is 3.29. The number of carbonyl (C=O) groups excluding carboxylic acids is 2. The van der Waals surface area contributed by atoms with Gasteiger partial charge in [-0.1, -0.05) is 23.7 Å². The number of thioether (sulfide) groups is 1. The number of nitrogens with one attached hydrogen (secondary N) is 1. The van der Waals surface area contributed by atoms with Gasteiger partial charge in [-0.2, -0.15) is 4.57 Å². The van der Waals surface area contributed by atoms with Crippen molar-refractivity contribution in [1.82, 2.24) is 10.2 Å². The van der Waals surface area contributed by atoms with Crippen molar-refractivity contribution in [2.75, 3.05) is 17.7 Å². The van der Waals surface area contributed by atoms with E-state index in [4.69, 9.17) is 16.3 Å². The third-order valence-corrected chi connectivity index (χ3v) is 5.75. The Balaban J connectivity index is 1.68. The van der Waals surface area contributed by atoms with Crippen LogP contribution < -0.4 is 9.88 Å². The second kappa shape index (κ2) is 10.5. The summed E-state index contributed by atoms with van der Waals surface area (Å²) in [4.78, 5) is 24.3. The molecule has 0 bridgehead atoms. The molecule has 3 aromatic rings. The van der Waals surface area contributed by atoms with Crippen LogP contribution in [0.1, 0.15) is 17.3 Å². The van der Waals surface area contributed by atoms with Crippen molar-refractivity contribution in [3.8, 4) is 5.69 Å².